The van der Waals surface area contributed by atoms with E-state index in [1.807, 2.05) is 0 Å². The molecule has 0 saturated carbocycles. The first-order valence-corrected chi connectivity index (χ1v) is 6.42. The van der Waals surface area contributed by atoms with Crippen LogP contribution in [-0.4, -0.2) is 13.2 Å². The number of anilines is 1. The molecule has 0 atom stereocenters. The number of carbonyl (C=O) groups excluding carboxylic acids is 1. The minimum Gasteiger partial charge on any atom is -0.497 e. The fourth-order valence-corrected chi connectivity index (χ4v) is 1.95. The summed E-state index contributed by atoms with van der Waals surface area (Å²) in [7, 11) is 1.55. The topological polar surface area (TPSA) is 47.6 Å². The molecule has 0 aromatic heterocycles. The molecule has 20 heavy (non-hydrogen) atoms. The average molecular weight is 312 g/mol. The zero-order valence-electron chi connectivity index (χ0n) is 10.5. The SMILES string of the molecule is COc1cccc(NC(=O)Oc2ccc(Cl)cc2Cl)c1. The van der Waals surface area contributed by atoms with E-state index in [4.69, 9.17) is 32.7 Å². The molecule has 2 aromatic rings. The quantitative estimate of drug-likeness (QED) is 0.900. The standard InChI is InChI=1S/C14H11Cl2NO3/c1-19-11-4-2-3-10(8-11)17-14(18)20-13-6-5-9(15)7-12(13)16/h2-8H,1H3,(H,17,18). The number of amides is 1. The Labute approximate surface area is 126 Å². The Bertz CT molecular complexity index is 632. The number of halogens is 2. The van der Waals surface area contributed by atoms with Crippen LogP contribution in [0.4, 0.5) is 10.5 Å². The number of methoxy groups -OCH3 is 1. The highest BCUT2D eigenvalue weighted by Gasteiger charge is 2.09. The third kappa shape index (κ3) is 3.79. The van der Waals surface area contributed by atoms with E-state index in [0.717, 1.165) is 0 Å². The average Bonchev–Trinajstić information content (AvgIpc) is 2.42. The lowest BCUT2D eigenvalue weighted by atomic mass is 10.3. The van der Waals surface area contributed by atoms with Crippen molar-refractivity contribution in [3.05, 3.63) is 52.5 Å². The second-order valence-corrected chi connectivity index (χ2v) is 4.66. The Morgan fingerprint density at radius 2 is 1.95 bits per heavy atom. The second kappa shape index (κ2) is 6.50. The summed E-state index contributed by atoms with van der Waals surface area (Å²) >= 11 is 11.7. The summed E-state index contributed by atoms with van der Waals surface area (Å²) in [4.78, 5) is 11.8. The molecular formula is C14H11Cl2NO3. The molecule has 104 valence electrons. The highest BCUT2D eigenvalue weighted by molar-refractivity contribution is 6.35. The van der Waals surface area contributed by atoms with Gasteiger partial charge in [0.15, 0.2) is 5.75 Å². The molecule has 2 rings (SSSR count). The minimum absolute atomic E-state index is 0.233. The van der Waals surface area contributed by atoms with E-state index in [1.54, 1.807) is 37.4 Å². The van der Waals surface area contributed by atoms with Crippen LogP contribution in [0.5, 0.6) is 11.5 Å². The Balaban J connectivity index is 2.05. The number of hydrogen-bond donors (Lipinski definition) is 1. The van der Waals surface area contributed by atoms with Crippen LogP contribution in [0.3, 0.4) is 0 Å². The summed E-state index contributed by atoms with van der Waals surface area (Å²) in [6.07, 6.45) is -0.650. The first-order chi connectivity index (χ1) is 9.58. The molecule has 1 N–H and O–H groups in total. The minimum atomic E-state index is -0.650. The van der Waals surface area contributed by atoms with Gasteiger partial charge in [0.05, 0.1) is 12.1 Å². The van der Waals surface area contributed by atoms with Gasteiger partial charge < -0.3 is 9.47 Å². The third-order valence-corrected chi connectivity index (χ3v) is 2.94. The number of hydrogen-bond acceptors (Lipinski definition) is 3. The monoisotopic (exact) mass is 311 g/mol. The van der Waals surface area contributed by atoms with Crippen LogP contribution in [0.2, 0.25) is 10.0 Å². The molecule has 4 nitrogen and oxygen atoms in total. The van der Waals surface area contributed by atoms with Crippen LogP contribution in [0.25, 0.3) is 0 Å². The summed E-state index contributed by atoms with van der Waals surface area (Å²) in [5, 5.41) is 3.30. The highest BCUT2D eigenvalue weighted by atomic mass is 35.5. The van der Waals surface area contributed by atoms with Crippen molar-refractivity contribution < 1.29 is 14.3 Å². The van der Waals surface area contributed by atoms with E-state index >= 15 is 0 Å². The molecular weight excluding hydrogens is 301 g/mol. The number of nitrogens with one attached hydrogen (secondary N) is 1. The van der Waals surface area contributed by atoms with E-state index in [9.17, 15) is 4.79 Å². The predicted molar refractivity (Wildman–Crippen MR) is 79.1 cm³/mol. The Kier molecular flexibility index (Phi) is 4.71. The van der Waals surface area contributed by atoms with E-state index in [0.29, 0.717) is 16.5 Å². The van der Waals surface area contributed by atoms with Gasteiger partial charge in [-0.25, -0.2) is 4.79 Å². The first-order valence-electron chi connectivity index (χ1n) is 5.66. The van der Waals surface area contributed by atoms with Gasteiger partial charge in [0.2, 0.25) is 0 Å². The van der Waals surface area contributed by atoms with E-state index in [-0.39, 0.29) is 10.8 Å². The second-order valence-electron chi connectivity index (χ2n) is 3.82. The van der Waals surface area contributed by atoms with Gasteiger partial charge in [-0.15, -0.1) is 0 Å². The maximum atomic E-state index is 11.8. The van der Waals surface area contributed by atoms with Crippen LogP contribution >= 0.6 is 23.2 Å². The van der Waals surface area contributed by atoms with Crippen molar-refractivity contribution >= 4 is 35.0 Å². The number of carbonyl (C=O) groups is 1. The van der Waals surface area contributed by atoms with Crippen LogP contribution < -0.4 is 14.8 Å². The van der Waals surface area contributed by atoms with Crippen LogP contribution in [0.1, 0.15) is 0 Å². The van der Waals surface area contributed by atoms with Gasteiger partial charge in [0.1, 0.15) is 5.75 Å². The van der Waals surface area contributed by atoms with Crippen LogP contribution in [0.15, 0.2) is 42.5 Å². The maximum absolute atomic E-state index is 11.8. The molecule has 0 radical (unpaired) electrons. The molecule has 0 aliphatic carbocycles. The fraction of sp³-hybridized carbons (Fsp3) is 0.0714. The Hall–Kier alpha value is -1.91. The normalized spacial score (nSPS) is 9.95. The molecule has 1 amide bonds. The van der Waals surface area contributed by atoms with E-state index in [1.165, 1.54) is 12.1 Å². The predicted octanol–water partition coefficient (Wildman–Crippen LogP) is 4.61. The first kappa shape index (κ1) is 14.5. The molecule has 2 aromatic carbocycles. The van der Waals surface area contributed by atoms with E-state index < -0.39 is 6.09 Å². The fourth-order valence-electron chi connectivity index (χ4n) is 1.50. The number of benzene rings is 2. The molecule has 0 heterocycles. The van der Waals surface area contributed by atoms with Crippen molar-refractivity contribution in [2.45, 2.75) is 0 Å². The summed E-state index contributed by atoms with van der Waals surface area (Å²) in [5.41, 5.74) is 0.555. The zero-order valence-corrected chi connectivity index (χ0v) is 12.0. The summed E-state index contributed by atoms with van der Waals surface area (Å²) in [6.45, 7) is 0. The van der Waals surface area contributed by atoms with Crippen molar-refractivity contribution in [3.63, 3.8) is 0 Å². The molecule has 6 heteroatoms. The van der Waals surface area contributed by atoms with Crippen LogP contribution in [-0.2, 0) is 0 Å². The van der Waals surface area contributed by atoms with Gasteiger partial charge in [-0.05, 0) is 30.3 Å². The van der Waals surface area contributed by atoms with Gasteiger partial charge in [-0.3, -0.25) is 5.32 Å². The molecule has 0 bridgehead atoms. The van der Waals surface area contributed by atoms with Gasteiger partial charge in [-0.2, -0.15) is 0 Å². The molecule has 0 aliphatic rings. The van der Waals surface area contributed by atoms with Crippen molar-refractivity contribution in [2.24, 2.45) is 0 Å². The lowest BCUT2D eigenvalue weighted by molar-refractivity contribution is 0.215. The van der Waals surface area contributed by atoms with Gasteiger partial charge >= 0.3 is 6.09 Å². The maximum Gasteiger partial charge on any atom is 0.417 e. The number of ether oxygens (including phenoxy) is 2. The molecule has 0 aliphatic heterocycles. The summed E-state index contributed by atoms with van der Waals surface area (Å²) < 4.78 is 10.2. The van der Waals surface area contributed by atoms with Crippen LogP contribution in [0, 0.1) is 0 Å². The molecule has 0 saturated heterocycles. The largest absolute Gasteiger partial charge is 0.497 e. The molecule has 0 unspecified atom stereocenters. The summed E-state index contributed by atoms with van der Waals surface area (Å²) in [6, 6.07) is 11.5. The molecule has 0 spiro atoms. The van der Waals surface area contributed by atoms with E-state index in [2.05, 4.69) is 5.32 Å². The van der Waals surface area contributed by atoms with Gasteiger partial charge in [0, 0.05) is 16.8 Å². The third-order valence-electron chi connectivity index (χ3n) is 2.41. The summed E-state index contributed by atoms with van der Waals surface area (Å²) in [5.74, 6) is 0.865. The van der Waals surface area contributed by atoms with Crippen molar-refractivity contribution in [2.75, 3.05) is 12.4 Å². The zero-order chi connectivity index (χ0) is 14.5. The van der Waals surface area contributed by atoms with Gasteiger partial charge in [-0.1, -0.05) is 29.3 Å². The smallest absolute Gasteiger partial charge is 0.417 e. The van der Waals surface area contributed by atoms with Crippen molar-refractivity contribution in [3.8, 4) is 11.5 Å². The Morgan fingerprint density at radius 3 is 2.65 bits per heavy atom. The molecule has 0 fully saturated rings. The lowest BCUT2D eigenvalue weighted by Crippen LogP contribution is -2.16. The Morgan fingerprint density at radius 1 is 1.15 bits per heavy atom. The highest BCUT2D eigenvalue weighted by Crippen LogP contribution is 2.28. The van der Waals surface area contributed by atoms with Crippen molar-refractivity contribution in [1.82, 2.24) is 0 Å². The van der Waals surface area contributed by atoms with Gasteiger partial charge in [0.25, 0.3) is 0 Å². The lowest BCUT2D eigenvalue weighted by Gasteiger charge is -2.09. The number of rotatable bonds is 3. The van der Waals surface area contributed by atoms with Crippen molar-refractivity contribution in [1.29, 1.82) is 0 Å².